The average Bonchev–Trinajstić information content (AvgIpc) is 3.10. The number of hydrogen-bond donors (Lipinski definition) is 3. The highest BCUT2D eigenvalue weighted by atomic mass is 32.2. The zero-order valence-electron chi connectivity index (χ0n) is 14.9. The van der Waals surface area contributed by atoms with Crippen LogP contribution < -0.4 is 10.0 Å². The van der Waals surface area contributed by atoms with Gasteiger partial charge in [-0.25, -0.2) is 17.9 Å². The van der Waals surface area contributed by atoms with E-state index >= 15 is 0 Å². The zero-order valence-corrected chi connectivity index (χ0v) is 15.7. The number of benzene rings is 1. The Morgan fingerprint density at radius 3 is 2.58 bits per heavy atom. The monoisotopic (exact) mass is 382 g/mol. The summed E-state index contributed by atoms with van der Waals surface area (Å²) in [4.78, 5) is 23.6. The number of carboxylic acid groups (broad SMARTS) is 1. The third-order valence-electron chi connectivity index (χ3n) is 4.53. The number of nitrogens with one attached hydrogen (secondary N) is 2. The lowest BCUT2D eigenvalue weighted by atomic mass is 10.1. The highest BCUT2D eigenvalue weighted by Crippen LogP contribution is 2.21. The van der Waals surface area contributed by atoms with Gasteiger partial charge in [0.2, 0.25) is 10.0 Å². The number of amides is 1. The lowest BCUT2D eigenvalue weighted by molar-refractivity contribution is -0.139. The van der Waals surface area contributed by atoms with Crippen LogP contribution in [0.2, 0.25) is 0 Å². The normalized spacial score (nSPS) is 16.3. The molecule has 2 rings (SSSR count). The fourth-order valence-corrected chi connectivity index (χ4v) is 4.39. The van der Waals surface area contributed by atoms with Crippen LogP contribution in [0.5, 0.6) is 0 Å². The quantitative estimate of drug-likeness (QED) is 0.606. The molecule has 1 amide bonds. The van der Waals surface area contributed by atoms with Crippen molar-refractivity contribution in [2.24, 2.45) is 0 Å². The Morgan fingerprint density at radius 1 is 1.27 bits per heavy atom. The van der Waals surface area contributed by atoms with Gasteiger partial charge < -0.3 is 10.4 Å². The molecule has 1 aliphatic rings. The maximum Gasteiger partial charge on any atom is 0.326 e. The molecule has 8 heteroatoms. The minimum atomic E-state index is -3.71. The van der Waals surface area contributed by atoms with Crippen LogP contribution in [0.15, 0.2) is 29.2 Å². The summed E-state index contributed by atoms with van der Waals surface area (Å²) in [5.74, 6) is -1.69. The van der Waals surface area contributed by atoms with Crippen molar-refractivity contribution in [1.82, 2.24) is 10.0 Å². The standard InChI is InChI=1S/C18H26N2O5S/c1-2-3-11-16(18(22)23)19-17(21)13-7-6-10-15(12-13)26(24,25)20-14-8-4-5-9-14/h6-7,10,12,14,16,20H,2-5,8-9,11H2,1H3,(H,19,21)(H,22,23)/t16-/m0/s1. The van der Waals surface area contributed by atoms with Crippen molar-refractivity contribution in [2.45, 2.75) is 68.8 Å². The predicted octanol–water partition coefficient (Wildman–Crippen LogP) is 2.28. The van der Waals surface area contributed by atoms with Gasteiger partial charge in [-0.2, -0.15) is 0 Å². The number of unbranched alkanes of at least 4 members (excludes halogenated alkanes) is 1. The van der Waals surface area contributed by atoms with Crippen molar-refractivity contribution in [3.63, 3.8) is 0 Å². The van der Waals surface area contributed by atoms with Crippen molar-refractivity contribution in [3.8, 4) is 0 Å². The minimum absolute atomic E-state index is 0.0116. The van der Waals surface area contributed by atoms with Gasteiger partial charge in [-0.15, -0.1) is 0 Å². The molecule has 0 heterocycles. The molecule has 0 saturated heterocycles. The topological polar surface area (TPSA) is 113 Å². The summed E-state index contributed by atoms with van der Waals surface area (Å²) in [7, 11) is -3.71. The van der Waals surface area contributed by atoms with Crippen LogP contribution in [0.1, 0.15) is 62.2 Å². The van der Waals surface area contributed by atoms with Crippen molar-refractivity contribution >= 4 is 21.9 Å². The number of sulfonamides is 1. The summed E-state index contributed by atoms with van der Waals surface area (Å²) in [6.45, 7) is 1.94. The third kappa shape index (κ3) is 5.54. The van der Waals surface area contributed by atoms with Crippen molar-refractivity contribution in [1.29, 1.82) is 0 Å². The van der Waals surface area contributed by atoms with Crippen molar-refractivity contribution in [3.05, 3.63) is 29.8 Å². The van der Waals surface area contributed by atoms with E-state index in [1.807, 2.05) is 6.92 Å². The molecule has 0 radical (unpaired) electrons. The summed E-state index contributed by atoms with van der Waals surface area (Å²) in [6, 6.07) is 4.62. The zero-order chi connectivity index (χ0) is 19.2. The first-order chi connectivity index (χ1) is 12.3. The number of aliphatic carboxylic acids is 1. The number of hydrogen-bond acceptors (Lipinski definition) is 4. The largest absolute Gasteiger partial charge is 0.480 e. The lowest BCUT2D eigenvalue weighted by Gasteiger charge is -2.15. The Kier molecular flexibility index (Phi) is 7.16. The van der Waals surface area contributed by atoms with E-state index in [0.717, 1.165) is 32.1 Å². The number of rotatable bonds is 9. The van der Waals surface area contributed by atoms with Crippen LogP contribution in [-0.4, -0.2) is 37.5 Å². The Morgan fingerprint density at radius 2 is 1.96 bits per heavy atom. The van der Waals surface area contributed by atoms with E-state index in [2.05, 4.69) is 10.0 Å². The third-order valence-corrected chi connectivity index (χ3v) is 6.05. The first-order valence-electron chi connectivity index (χ1n) is 8.99. The molecule has 0 aromatic heterocycles. The second-order valence-electron chi connectivity index (χ2n) is 6.64. The molecule has 0 unspecified atom stereocenters. The van der Waals surface area contributed by atoms with Gasteiger partial charge in [0, 0.05) is 11.6 Å². The van der Waals surface area contributed by atoms with Crippen LogP contribution in [0.4, 0.5) is 0 Å². The van der Waals surface area contributed by atoms with E-state index < -0.39 is 27.9 Å². The van der Waals surface area contributed by atoms with Gasteiger partial charge in [-0.05, 0) is 37.5 Å². The molecule has 26 heavy (non-hydrogen) atoms. The maximum atomic E-state index is 12.5. The second kappa shape index (κ2) is 9.14. The first-order valence-corrected chi connectivity index (χ1v) is 10.5. The highest BCUT2D eigenvalue weighted by molar-refractivity contribution is 7.89. The minimum Gasteiger partial charge on any atom is -0.480 e. The van der Waals surface area contributed by atoms with E-state index in [1.54, 1.807) is 0 Å². The Labute approximate surface area is 154 Å². The highest BCUT2D eigenvalue weighted by Gasteiger charge is 2.24. The van der Waals surface area contributed by atoms with Gasteiger partial charge in [0.25, 0.3) is 5.91 Å². The molecule has 1 aliphatic carbocycles. The molecule has 144 valence electrons. The van der Waals surface area contributed by atoms with Crippen molar-refractivity contribution < 1.29 is 23.1 Å². The number of carbonyl (C=O) groups is 2. The molecule has 1 fully saturated rings. The van der Waals surface area contributed by atoms with E-state index in [0.29, 0.717) is 12.8 Å². The number of carbonyl (C=O) groups excluding carboxylic acids is 1. The molecule has 7 nitrogen and oxygen atoms in total. The molecule has 1 aromatic rings. The predicted molar refractivity (Wildman–Crippen MR) is 97.4 cm³/mol. The lowest BCUT2D eigenvalue weighted by Crippen LogP contribution is -2.40. The van der Waals surface area contributed by atoms with E-state index in [1.165, 1.54) is 24.3 Å². The van der Waals surface area contributed by atoms with Crippen LogP contribution in [0, 0.1) is 0 Å². The Balaban J connectivity index is 2.11. The van der Waals surface area contributed by atoms with Gasteiger partial charge in [0.15, 0.2) is 0 Å². The second-order valence-corrected chi connectivity index (χ2v) is 8.35. The van der Waals surface area contributed by atoms with E-state index in [9.17, 15) is 23.1 Å². The molecule has 0 bridgehead atoms. The molecular weight excluding hydrogens is 356 g/mol. The van der Waals surface area contributed by atoms with Gasteiger partial charge in [-0.1, -0.05) is 38.7 Å². The van der Waals surface area contributed by atoms with Crippen LogP contribution >= 0.6 is 0 Å². The summed E-state index contributed by atoms with van der Waals surface area (Å²) < 4.78 is 27.7. The van der Waals surface area contributed by atoms with Gasteiger partial charge in [-0.3, -0.25) is 4.79 Å². The maximum absolute atomic E-state index is 12.5. The van der Waals surface area contributed by atoms with Crippen LogP contribution in [0.3, 0.4) is 0 Å². The van der Waals surface area contributed by atoms with E-state index in [4.69, 9.17) is 0 Å². The smallest absolute Gasteiger partial charge is 0.326 e. The molecule has 3 N–H and O–H groups in total. The molecule has 0 spiro atoms. The Bertz CT molecular complexity index is 742. The van der Waals surface area contributed by atoms with Crippen LogP contribution in [-0.2, 0) is 14.8 Å². The molecule has 1 aromatic carbocycles. The molecule has 1 saturated carbocycles. The number of carboxylic acids is 1. The van der Waals surface area contributed by atoms with Gasteiger partial charge >= 0.3 is 5.97 Å². The van der Waals surface area contributed by atoms with Crippen LogP contribution in [0.25, 0.3) is 0 Å². The first kappa shape index (κ1) is 20.4. The molecule has 1 atom stereocenters. The van der Waals surface area contributed by atoms with Crippen molar-refractivity contribution in [2.75, 3.05) is 0 Å². The summed E-state index contributed by atoms with van der Waals surface area (Å²) >= 11 is 0. The molecule has 0 aliphatic heterocycles. The molecular formula is C18H26N2O5S. The summed E-state index contributed by atoms with van der Waals surface area (Å²) in [5, 5.41) is 11.7. The summed E-state index contributed by atoms with van der Waals surface area (Å²) in [5.41, 5.74) is 0.127. The fraction of sp³-hybridized carbons (Fsp3) is 0.556. The average molecular weight is 382 g/mol. The Hall–Kier alpha value is -1.93. The fourth-order valence-electron chi connectivity index (χ4n) is 3.04. The van der Waals surface area contributed by atoms with Gasteiger partial charge in [0.1, 0.15) is 6.04 Å². The van der Waals surface area contributed by atoms with Gasteiger partial charge in [0.05, 0.1) is 4.90 Å². The summed E-state index contributed by atoms with van der Waals surface area (Å²) in [6.07, 6.45) is 5.47. The van der Waals surface area contributed by atoms with E-state index in [-0.39, 0.29) is 16.5 Å². The SMILES string of the molecule is CCCC[C@H](NC(=O)c1cccc(S(=O)(=O)NC2CCCC2)c1)C(=O)O.